The van der Waals surface area contributed by atoms with Crippen molar-refractivity contribution in [3.63, 3.8) is 0 Å². The summed E-state index contributed by atoms with van der Waals surface area (Å²) in [5, 5.41) is 16.0. The van der Waals surface area contributed by atoms with E-state index in [1.807, 2.05) is 12.1 Å². The first-order chi connectivity index (χ1) is 16.2. The van der Waals surface area contributed by atoms with Gasteiger partial charge in [-0.3, -0.25) is 10.1 Å². The second kappa shape index (κ2) is 18.2. The van der Waals surface area contributed by atoms with E-state index in [4.69, 9.17) is 0 Å². The first kappa shape index (κ1) is 28.0. The highest BCUT2D eigenvalue weighted by Crippen LogP contribution is 2.33. The maximum Gasteiger partial charge on any atom is 0.238 e. The van der Waals surface area contributed by atoms with Crippen molar-refractivity contribution in [2.24, 2.45) is 0 Å². The number of amides is 1. The maximum atomic E-state index is 12.4. The molecule has 1 aromatic carbocycles. The van der Waals surface area contributed by atoms with Gasteiger partial charge in [0.25, 0.3) is 0 Å². The van der Waals surface area contributed by atoms with Crippen LogP contribution in [0.2, 0.25) is 0 Å². The molecule has 1 aliphatic rings. The largest absolute Gasteiger partial charge is 0.508 e. The van der Waals surface area contributed by atoms with Gasteiger partial charge in [-0.2, -0.15) is 0 Å². The molecule has 1 heterocycles. The molecule has 5 heteroatoms. The van der Waals surface area contributed by atoms with Crippen LogP contribution >= 0.6 is 11.8 Å². The molecule has 1 amide bonds. The van der Waals surface area contributed by atoms with Gasteiger partial charge in [0.15, 0.2) is 0 Å². The number of benzene rings is 1. The number of hydrogen-bond acceptors (Lipinski definition) is 4. The topological polar surface area (TPSA) is 61.4 Å². The maximum absolute atomic E-state index is 12.4. The van der Waals surface area contributed by atoms with Crippen LogP contribution in [0, 0.1) is 0 Å². The molecular weight excluding hydrogens is 428 g/mol. The fourth-order valence-electron chi connectivity index (χ4n) is 4.47. The van der Waals surface area contributed by atoms with E-state index in [0.717, 1.165) is 24.3 Å². The van der Waals surface area contributed by atoms with Crippen LogP contribution in [0.5, 0.6) is 5.75 Å². The van der Waals surface area contributed by atoms with E-state index < -0.39 is 0 Å². The number of aromatic hydroxyl groups is 1. The van der Waals surface area contributed by atoms with Gasteiger partial charge in [-0.25, -0.2) is 0 Å². The Morgan fingerprint density at radius 1 is 0.848 bits per heavy atom. The van der Waals surface area contributed by atoms with Crippen molar-refractivity contribution < 1.29 is 9.90 Å². The minimum Gasteiger partial charge on any atom is -0.508 e. The van der Waals surface area contributed by atoms with Gasteiger partial charge in [0.05, 0.1) is 11.4 Å². The van der Waals surface area contributed by atoms with E-state index >= 15 is 0 Å². The van der Waals surface area contributed by atoms with Gasteiger partial charge in [-0.05, 0) is 24.1 Å². The van der Waals surface area contributed by atoms with Gasteiger partial charge in [0.2, 0.25) is 5.91 Å². The van der Waals surface area contributed by atoms with Gasteiger partial charge in [-0.15, -0.1) is 11.8 Å². The summed E-state index contributed by atoms with van der Waals surface area (Å²) >= 11 is 1.75. The van der Waals surface area contributed by atoms with Crippen LogP contribution in [-0.2, 0) is 4.79 Å². The highest BCUT2D eigenvalue weighted by atomic mass is 32.2. The molecule has 0 aromatic heterocycles. The molecule has 1 aromatic rings. The van der Waals surface area contributed by atoms with E-state index in [2.05, 4.69) is 17.6 Å². The van der Waals surface area contributed by atoms with Gasteiger partial charge in [0.1, 0.15) is 5.75 Å². The Kier molecular flexibility index (Phi) is 15.4. The molecule has 1 unspecified atom stereocenters. The number of unbranched alkanes of at least 4 members (excludes halogenated alkanes) is 15. The third-order valence-electron chi connectivity index (χ3n) is 6.62. The zero-order valence-electron chi connectivity index (χ0n) is 21.0. The third-order valence-corrected chi connectivity index (χ3v) is 7.89. The highest BCUT2D eigenvalue weighted by molar-refractivity contribution is 7.99. The van der Waals surface area contributed by atoms with Crippen molar-refractivity contribution >= 4 is 17.7 Å². The molecule has 4 nitrogen and oxygen atoms in total. The summed E-state index contributed by atoms with van der Waals surface area (Å²) in [7, 11) is 0. The van der Waals surface area contributed by atoms with Crippen molar-refractivity contribution in [2.45, 2.75) is 121 Å². The van der Waals surface area contributed by atoms with Gasteiger partial charge >= 0.3 is 0 Å². The molecule has 188 valence electrons. The first-order valence-electron chi connectivity index (χ1n) is 13.6. The van der Waals surface area contributed by atoms with Crippen LogP contribution in [0.25, 0.3) is 0 Å². The molecule has 1 fully saturated rings. The second-order valence-electron chi connectivity index (χ2n) is 9.62. The Bertz CT molecular complexity index is 623. The minimum atomic E-state index is -0.130. The van der Waals surface area contributed by atoms with E-state index in [9.17, 15) is 9.90 Å². The third kappa shape index (κ3) is 12.7. The Labute approximate surface area is 207 Å². The fourth-order valence-corrected chi connectivity index (χ4v) is 5.71. The standard InChI is InChI=1S/C28H48N2O2S/c1-2-3-4-5-6-7-8-9-10-11-12-13-14-15-16-17-22-29-27(32)26-23-33-28(30-26)24-18-20-25(31)21-19-24/h18-21,26,28,30-31H,2-17,22-23H2,1H3,(H,29,32)/t26-,28?/m0/s1. The van der Waals surface area contributed by atoms with Crippen LogP contribution in [0.3, 0.4) is 0 Å². The number of carbonyl (C=O) groups is 1. The van der Waals surface area contributed by atoms with Gasteiger partial charge in [0, 0.05) is 12.3 Å². The monoisotopic (exact) mass is 476 g/mol. The zero-order chi connectivity index (χ0) is 23.6. The van der Waals surface area contributed by atoms with Crippen LogP contribution in [0.4, 0.5) is 0 Å². The zero-order valence-corrected chi connectivity index (χ0v) is 21.8. The van der Waals surface area contributed by atoms with Crippen molar-refractivity contribution in [1.82, 2.24) is 10.6 Å². The minimum absolute atomic E-state index is 0.115. The predicted octanol–water partition coefficient (Wildman–Crippen LogP) is 7.47. The number of nitrogens with one attached hydrogen (secondary N) is 2. The number of thioether (sulfide) groups is 1. The van der Waals surface area contributed by atoms with Crippen LogP contribution in [0.1, 0.15) is 121 Å². The second-order valence-corrected chi connectivity index (χ2v) is 10.8. The molecule has 0 aliphatic carbocycles. The van der Waals surface area contributed by atoms with E-state index in [0.29, 0.717) is 0 Å². The molecule has 0 spiro atoms. The Hall–Kier alpha value is -1.20. The summed E-state index contributed by atoms with van der Waals surface area (Å²) in [5.74, 6) is 1.18. The number of hydrogen-bond donors (Lipinski definition) is 3. The van der Waals surface area contributed by atoms with Crippen molar-refractivity contribution in [1.29, 1.82) is 0 Å². The summed E-state index contributed by atoms with van der Waals surface area (Å²) < 4.78 is 0. The van der Waals surface area contributed by atoms with E-state index in [1.54, 1.807) is 23.9 Å². The van der Waals surface area contributed by atoms with Crippen molar-refractivity contribution in [3.8, 4) is 5.75 Å². The molecule has 33 heavy (non-hydrogen) atoms. The van der Waals surface area contributed by atoms with Gasteiger partial charge < -0.3 is 10.4 Å². The Morgan fingerprint density at radius 3 is 1.85 bits per heavy atom. The van der Waals surface area contributed by atoms with E-state index in [-0.39, 0.29) is 23.1 Å². The lowest BCUT2D eigenvalue weighted by atomic mass is 10.0. The van der Waals surface area contributed by atoms with Crippen LogP contribution in [0.15, 0.2) is 24.3 Å². The smallest absolute Gasteiger partial charge is 0.238 e. The molecule has 1 saturated heterocycles. The summed E-state index contributed by atoms with van der Waals surface area (Å²) in [6.07, 6.45) is 21.9. The number of phenolic OH excluding ortho intramolecular Hbond substituents is 1. The molecule has 2 rings (SSSR count). The van der Waals surface area contributed by atoms with Gasteiger partial charge in [-0.1, -0.05) is 115 Å². The lowest BCUT2D eigenvalue weighted by Crippen LogP contribution is -2.42. The summed E-state index contributed by atoms with van der Waals surface area (Å²) in [4.78, 5) is 12.4. The Morgan fingerprint density at radius 2 is 1.33 bits per heavy atom. The quantitative estimate of drug-likeness (QED) is 0.181. The molecular formula is C28H48N2O2S. The Balaban J connectivity index is 1.34. The lowest BCUT2D eigenvalue weighted by Gasteiger charge is -2.14. The van der Waals surface area contributed by atoms with E-state index in [1.165, 1.54) is 96.3 Å². The van der Waals surface area contributed by atoms with Crippen LogP contribution in [-0.4, -0.2) is 29.4 Å². The summed E-state index contributed by atoms with van der Waals surface area (Å²) in [5.41, 5.74) is 1.10. The SMILES string of the molecule is CCCCCCCCCCCCCCCCCCNC(=O)[C@@H]1CSC(c2ccc(O)cc2)N1. The predicted molar refractivity (Wildman–Crippen MR) is 143 cm³/mol. The summed E-state index contributed by atoms with van der Waals surface area (Å²) in [6, 6.07) is 7.09. The summed E-state index contributed by atoms with van der Waals surface area (Å²) in [6.45, 7) is 3.06. The molecule has 0 bridgehead atoms. The lowest BCUT2D eigenvalue weighted by molar-refractivity contribution is -0.122. The molecule has 3 N–H and O–H groups in total. The number of carbonyl (C=O) groups excluding carboxylic acids is 1. The van der Waals surface area contributed by atoms with Crippen LogP contribution < -0.4 is 10.6 Å². The van der Waals surface area contributed by atoms with Crippen molar-refractivity contribution in [2.75, 3.05) is 12.3 Å². The highest BCUT2D eigenvalue weighted by Gasteiger charge is 2.30. The molecule has 0 radical (unpaired) electrons. The molecule has 2 atom stereocenters. The number of phenols is 1. The molecule has 0 saturated carbocycles. The molecule has 1 aliphatic heterocycles. The fraction of sp³-hybridized carbons (Fsp3) is 0.750. The average Bonchev–Trinajstić information content (AvgIpc) is 3.32. The normalized spacial score (nSPS) is 18.0. The average molecular weight is 477 g/mol. The van der Waals surface area contributed by atoms with Crippen molar-refractivity contribution in [3.05, 3.63) is 29.8 Å². The first-order valence-corrected chi connectivity index (χ1v) is 14.7. The number of rotatable bonds is 19.